The first kappa shape index (κ1) is 21.4. The van der Waals surface area contributed by atoms with Gasteiger partial charge in [-0.1, -0.05) is 42.2 Å². The second kappa shape index (κ2) is 11.0. The van der Waals surface area contributed by atoms with Crippen LogP contribution in [0, 0.1) is 17.3 Å². The first-order valence-electron chi connectivity index (χ1n) is 10.4. The van der Waals surface area contributed by atoms with Gasteiger partial charge in [0.15, 0.2) is 0 Å². The number of benzene rings is 2. The number of nitrogens with zero attached hydrogens (tertiary/aromatic N) is 1. The van der Waals surface area contributed by atoms with Crippen molar-refractivity contribution in [2.45, 2.75) is 32.2 Å². The van der Waals surface area contributed by atoms with Crippen molar-refractivity contribution in [3.05, 3.63) is 65.7 Å². The number of piperidine rings is 1. The van der Waals surface area contributed by atoms with Gasteiger partial charge in [-0.15, -0.1) is 0 Å². The summed E-state index contributed by atoms with van der Waals surface area (Å²) in [5, 5.41) is 19.0. The van der Waals surface area contributed by atoms with Crippen LogP contribution in [-0.2, 0) is 6.54 Å². The predicted molar refractivity (Wildman–Crippen MR) is 116 cm³/mol. The van der Waals surface area contributed by atoms with E-state index in [1.165, 1.54) is 5.56 Å². The summed E-state index contributed by atoms with van der Waals surface area (Å²) in [6.45, 7) is 3.74. The summed E-state index contributed by atoms with van der Waals surface area (Å²) in [5.41, 5.74) is 2.14. The molecule has 4 nitrogen and oxygen atoms in total. The largest absolute Gasteiger partial charge is 0.494 e. The quantitative estimate of drug-likeness (QED) is 0.675. The van der Waals surface area contributed by atoms with Gasteiger partial charge < -0.3 is 14.9 Å². The molecule has 0 spiro atoms. The molecule has 1 aliphatic heterocycles. The number of rotatable bonds is 8. The molecule has 0 amide bonds. The molecule has 0 aliphatic carbocycles. The predicted octanol–water partition coefficient (Wildman–Crippen LogP) is 3.46. The van der Waals surface area contributed by atoms with Crippen LogP contribution in [0.25, 0.3) is 0 Å². The maximum Gasteiger partial charge on any atom is 0.119 e. The minimum atomic E-state index is -0.0945. The smallest absolute Gasteiger partial charge is 0.119 e. The van der Waals surface area contributed by atoms with Crippen LogP contribution >= 0.6 is 0 Å². The van der Waals surface area contributed by atoms with Gasteiger partial charge in [0.2, 0.25) is 0 Å². The molecule has 29 heavy (non-hydrogen) atoms. The average molecular weight is 394 g/mol. The SMILES string of the molecule is OCCC#Cc1ccc(CN2CCC[C@@](CO)(CCOc3ccccc3)C2)cc1. The molecule has 0 bridgehead atoms. The van der Waals surface area contributed by atoms with Gasteiger partial charge in [0, 0.05) is 30.5 Å². The topological polar surface area (TPSA) is 52.9 Å². The number of likely N-dealkylation sites (tertiary alicyclic amines) is 1. The highest BCUT2D eigenvalue weighted by atomic mass is 16.5. The lowest BCUT2D eigenvalue weighted by molar-refractivity contribution is 0.0128. The molecule has 2 N–H and O–H groups in total. The molecule has 4 heteroatoms. The maximum atomic E-state index is 10.1. The van der Waals surface area contributed by atoms with Crippen LogP contribution in [0.1, 0.15) is 36.8 Å². The van der Waals surface area contributed by atoms with Gasteiger partial charge in [0.25, 0.3) is 0 Å². The minimum Gasteiger partial charge on any atom is -0.494 e. The van der Waals surface area contributed by atoms with E-state index in [1.807, 2.05) is 42.5 Å². The Bertz CT molecular complexity index is 794. The van der Waals surface area contributed by atoms with Gasteiger partial charge >= 0.3 is 0 Å². The van der Waals surface area contributed by atoms with Crippen molar-refractivity contribution in [3.63, 3.8) is 0 Å². The number of aliphatic hydroxyl groups excluding tert-OH is 2. The Labute approximate surface area is 174 Å². The lowest BCUT2D eigenvalue weighted by Crippen LogP contribution is -2.45. The zero-order chi connectivity index (χ0) is 20.4. The van der Waals surface area contributed by atoms with Gasteiger partial charge in [-0.05, 0) is 55.6 Å². The summed E-state index contributed by atoms with van der Waals surface area (Å²) in [5.74, 6) is 6.90. The van der Waals surface area contributed by atoms with Crippen LogP contribution in [0.5, 0.6) is 5.75 Å². The molecular formula is C25H31NO3. The van der Waals surface area contributed by atoms with Crippen LogP contribution in [0.2, 0.25) is 0 Å². The van der Waals surface area contributed by atoms with Gasteiger partial charge in [0.05, 0.1) is 19.8 Å². The van der Waals surface area contributed by atoms with Gasteiger partial charge in [-0.25, -0.2) is 0 Å². The Balaban J connectivity index is 1.53. The molecule has 0 saturated carbocycles. The van der Waals surface area contributed by atoms with E-state index in [-0.39, 0.29) is 18.6 Å². The van der Waals surface area contributed by atoms with Crippen LogP contribution in [0.15, 0.2) is 54.6 Å². The van der Waals surface area contributed by atoms with E-state index in [1.54, 1.807) is 0 Å². The number of para-hydroxylation sites is 1. The lowest BCUT2D eigenvalue weighted by atomic mass is 9.78. The van der Waals surface area contributed by atoms with Crippen LogP contribution < -0.4 is 4.74 Å². The fourth-order valence-corrected chi connectivity index (χ4v) is 3.93. The van der Waals surface area contributed by atoms with Gasteiger partial charge in [-0.3, -0.25) is 4.90 Å². The molecular weight excluding hydrogens is 362 g/mol. The van der Waals surface area contributed by atoms with Crippen molar-refractivity contribution in [1.29, 1.82) is 0 Å². The molecule has 0 unspecified atom stereocenters. The monoisotopic (exact) mass is 393 g/mol. The minimum absolute atomic E-state index is 0.0945. The zero-order valence-electron chi connectivity index (χ0n) is 17.0. The van der Waals surface area contributed by atoms with E-state index >= 15 is 0 Å². The van der Waals surface area contributed by atoms with E-state index in [2.05, 4.69) is 28.9 Å². The Hall–Kier alpha value is -2.32. The Morgan fingerprint density at radius 2 is 1.83 bits per heavy atom. The van der Waals surface area contributed by atoms with Crippen molar-refractivity contribution in [2.75, 3.05) is 32.9 Å². The van der Waals surface area contributed by atoms with E-state index in [4.69, 9.17) is 9.84 Å². The third-order valence-electron chi connectivity index (χ3n) is 5.55. The molecule has 1 heterocycles. The highest BCUT2D eigenvalue weighted by molar-refractivity contribution is 5.36. The van der Waals surface area contributed by atoms with Crippen molar-refractivity contribution < 1.29 is 14.9 Å². The lowest BCUT2D eigenvalue weighted by Gasteiger charge is -2.42. The van der Waals surface area contributed by atoms with E-state index < -0.39 is 0 Å². The Kier molecular flexibility index (Phi) is 8.13. The second-order valence-corrected chi connectivity index (χ2v) is 7.86. The zero-order valence-corrected chi connectivity index (χ0v) is 17.0. The highest BCUT2D eigenvalue weighted by Crippen LogP contribution is 2.34. The molecule has 3 rings (SSSR count). The molecule has 1 aliphatic rings. The molecule has 0 aromatic heterocycles. The molecule has 0 radical (unpaired) electrons. The summed E-state index contributed by atoms with van der Waals surface area (Å²) >= 11 is 0. The molecule has 1 fully saturated rings. The summed E-state index contributed by atoms with van der Waals surface area (Å²) in [4.78, 5) is 2.44. The van der Waals surface area contributed by atoms with E-state index in [0.29, 0.717) is 13.0 Å². The molecule has 154 valence electrons. The van der Waals surface area contributed by atoms with Crippen LogP contribution in [0.4, 0.5) is 0 Å². The number of hydrogen-bond acceptors (Lipinski definition) is 4. The van der Waals surface area contributed by atoms with Gasteiger partial charge in [0.1, 0.15) is 5.75 Å². The Morgan fingerprint density at radius 3 is 2.55 bits per heavy atom. The summed E-state index contributed by atoms with van der Waals surface area (Å²) in [7, 11) is 0. The first-order chi connectivity index (χ1) is 14.2. The third kappa shape index (κ3) is 6.61. The summed E-state index contributed by atoms with van der Waals surface area (Å²) in [6.07, 6.45) is 3.50. The third-order valence-corrected chi connectivity index (χ3v) is 5.55. The fraction of sp³-hybridized carbons (Fsp3) is 0.440. The van der Waals surface area contributed by atoms with Crippen molar-refractivity contribution in [1.82, 2.24) is 4.90 Å². The second-order valence-electron chi connectivity index (χ2n) is 7.86. The standard InChI is InChI=1S/C25H31NO3/c27-17-5-4-7-22-10-12-23(13-11-22)19-26-16-6-14-25(20-26,21-28)15-18-29-24-8-2-1-3-9-24/h1-3,8-13,27-28H,5-6,14-21H2/t25-/m1/s1. The molecule has 1 saturated heterocycles. The maximum absolute atomic E-state index is 10.1. The molecule has 2 aromatic rings. The fourth-order valence-electron chi connectivity index (χ4n) is 3.93. The van der Waals surface area contributed by atoms with E-state index in [9.17, 15) is 5.11 Å². The molecule has 1 atom stereocenters. The number of ether oxygens (including phenoxy) is 1. The Morgan fingerprint density at radius 1 is 1.03 bits per heavy atom. The van der Waals surface area contributed by atoms with Gasteiger partial charge in [-0.2, -0.15) is 0 Å². The highest BCUT2D eigenvalue weighted by Gasteiger charge is 2.34. The van der Waals surface area contributed by atoms with Crippen molar-refractivity contribution in [3.8, 4) is 17.6 Å². The van der Waals surface area contributed by atoms with Crippen molar-refractivity contribution >= 4 is 0 Å². The number of aliphatic hydroxyl groups is 2. The van der Waals surface area contributed by atoms with Crippen LogP contribution in [-0.4, -0.2) is 48.0 Å². The summed E-state index contributed by atoms with van der Waals surface area (Å²) < 4.78 is 5.88. The normalized spacial score (nSPS) is 19.4. The van der Waals surface area contributed by atoms with E-state index in [0.717, 1.165) is 50.2 Å². The average Bonchev–Trinajstić information content (AvgIpc) is 2.76. The summed E-state index contributed by atoms with van der Waals surface area (Å²) in [6, 6.07) is 18.2. The first-order valence-corrected chi connectivity index (χ1v) is 10.4. The molecule has 2 aromatic carbocycles. The number of hydrogen-bond donors (Lipinski definition) is 2. The van der Waals surface area contributed by atoms with Crippen molar-refractivity contribution in [2.24, 2.45) is 5.41 Å². The van der Waals surface area contributed by atoms with Crippen LogP contribution in [0.3, 0.4) is 0 Å².